The minimum Gasteiger partial charge on any atom is -0.493 e. The molecule has 1 amide bonds. The van der Waals surface area contributed by atoms with E-state index in [0.717, 1.165) is 10.1 Å². The molecule has 0 fully saturated rings. The number of methoxy groups -OCH3 is 2. The molecule has 0 bridgehead atoms. The molecule has 12 heteroatoms. The molecule has 0 atom stereocenters. The molecule has 0 aliphatic heterocycles. The van der Waals surface area contributed by atoms with Gasteiger partial charge in [-0.05, 0) is 28.5 Å². The second-order valence-electron chi connectivity index (χ2n) is 7.69. The van der Waals surface area contributed by atoms with Crippen LogP contribution in [-0.2, 0) is 15.3 Å². The normalized spacial score (nSPS) is 11.0. The molecule has 4 aromatic rings. The summed E-state index contributed by atoms with van der Waals surface area (Å²) in [6, 6.07) is 17.8. The SMILES string of the molecule is COc1cc(C=NNC(=O)CSc2nnc(SCc3cccc4ccccc34)s2)cc(OC)c1OC(C)=O. The van der Waals surface area contributed by atoms with Crippen LogP contribution in [0.3, 0.4) is 0 Å². The molecule has 0 aliphatic rings. The first-order valence-corrected chi connectivity index (χ1v) is 14.1. The van der Waals surface area contributed by atoms with Gasteiger partial charge in [0.2, 0.25) is 5.75 Å². The average Bonchev–Trinajstić information content (AvgIpc) is 3.38. The standard InChI is InChI=1S/C26H24N4O5S3/c1-16(31)35-24-21(33-2)11-17(12-22(24)34-3)13-27-28-23(32)15-37-26-30-29-25(38-26)36-14-19-9-6-8-18-7-4-5-10-20(18)19/h4-13H,14-15H2,1-3H3,(H,28,32). The molecule has 9 nitrogen and oxygen atoms in total. The summed E-state index contributed by atoms with van der Waals surface area (Å²) in [6.07, 6.45) is 1.44. The Morgan fingerprint density at radius 2 is 1.68 bits per heavy atom. The lowest BCUT2D eigenvalue weighted by molar-refractivity contribution is -0.132. The van der Waals surface area contributed by atoms with Crippen molar-refractivity contribution in [2.24, 2.45) is 5.10 Å². The van der Waals surface area contributed by atoms with E-state index in [2.05, 4.69) is 51.1 Å². The zero-order valence-electron chi connectivity index (χ0n) is 20.8. The lowest BCUT2D eigenvalue weighted by Crippen LogP contribution is -2.19. The van der Waals surface area contributed by atoms with Crippen LogP contribution < -0.4 is 19.6 Å². The highest BCUT2D eigenvalue weighted by Crippen LogP contribution is 2.38. The molecular formula is C26H24N4O5S3. The van der Waals surface area contributed by atoms with Crippen molar-refractivity contribution in [3.05, 3.63) is 65.7 Å². The highest BCUT2D eigenvalue weighted by Gasteiger charge is 2.16. The second-order valence-corrected chi connectivity index (χ2v) is 11.1. The van der Waals surface area contributed by atoms with Gasteiger partial charge in [-0.1, -0.05) is 77.3 Å². The van der Waals surface area contributed by atoms with Crippen LogP contribution in [0.15, 0.2) is 68.4 Å². The van der Waals surface area contributed by atoms with Crippen molar-refractivity contribution in [1.29, 1.82) is 0 Å². The van der Waals surface area contributed by atoms with Crippen molar-refractivity contribution in [2.45, 2.75) is 21.4 Å². The monoisotopic (exact) mass is 568 g/mol. The van der Waals surface area contributed by atoms with E-state index in [-0.39, 0.29) is 17.4 Å². The lowest BCUT2D eigenvalue weighted by Gasteiger charge is -2.13. The van der Waals surface area contributed by atoms with Crippen molar-refractivity contribution in [3.63, 3.8) is 0 Å². The van der Waals surface area contributed by atoms with Gasteiger partial charge in [0.1, 0.15) is 0 Å². The van der Waals surface area contributed by atoms with Crippen LogP contribution in [0.5, 0.6) is 17.2 Å². The number of fused-ring (bicyclic) bond motifs is 1. The van der Waals surface area contributed by atoms with E-state index in [9.17, 15) is 9.59 Å². The smallest absolute Gasteiger partial charge is 0.308 e. The zero-order valence-corrected chi connectivity index (χ0v) is 23.2. The van der Waals surface area contributed by atoms with Gasteiger partial charge < -0.3 is 14.2 Å². The molecule has 196 valence electrons. The maximum Gasteiger partial charge on any atom is 0.308 e. The summed E-state index contributed by atoms with van der Waals surface area (Å²) in [5.41, 5.74) is 4.31. The number of hydrogen-bond donors (Lipinski definition) is 1. The highest BCUT2D eigenvalue weighted by molar-refractivity contribution is 8.03. The predicted octanol–water partition coefficient (Wildman–Crippen LogP) is 5.17. The van der Waals surface area contributed by atoms with E-state index in [0.29, 0.717) is 21.4 Å². The van der Waals surface area contributed by atoms with Crippen molar-refractivity contribution >= 4 is 63.7 Å². The van der Waals surface area contributed by atoms with Crippen molar-refractivity contribution in [2.75, 3.05) is 20.0 Å². The number of esters is 1. The lowest BCUT2D eigenvalue weighted by atomic mass is 10.1. The fourth-order valence-corrected chi connectivity index (χ4v) is 6.25. The van der Waals surface area contributed by atoms with Gasteiger partial charge >= 0.3 is 5.97 Å². The molecule has 1 aromatic heterocycles. The molecule has 1 heterocycles. The number of nitrogens with one attached hydrogen (secondary N) is 1. The minimum atomic E-state index is -0.501. The Bertz CT molecular complexity index is 1440. The Morgan fingerprint density at radius 1 is 1.00 bits per heavy atom. The Morgan fingerprint density at radius 3 is 2.39 bits per heavy atom. The molecule has 1 N–H and O–H groups in total. The third kappa shape index (κ3) is 7.24. The molecule has 0 aliphatic carbocycles. The molecule has 0 saturated carbocycles. The van der Waals surface area contributed by atoms with Crippen molar-refractivity contribution < 1.29 is 23.8 Å². The van der Waals surface area contributed by atoms with Gasteiger partial charge in [0.15, 0.2) is 20.2 Å². The first-order chi connectivity index (χ1) is 18.5. The van der Waals surface area contributed by atoms with Gasteiger partial charge in [-0.15, -0.1) is 10.2 Å². The van der Waals surface area contributed by atoms with Crippen LogP contribution >= 0.6 is 34.9 Å². The summed E-state index contributed by atoms with van der Waals surface area (Å²) in [7, 11) is 2.89. The van der Waals surface area contributed by atoms with E-state index in [4.69, 9.17) is 14.2 Å². The third-order valence-corrected chi connectivity index (χ3v) is 8.32. The number of benzene rings is 3. The van der Waals surface area contributed by atoms with E-state index >= 15 is 0 Å². The number of hydrogen-bond acceptors (Lipinski definition) is 11. The van der Waals surface area contributed by atoms with Crippen LogP contribution in [-0.4, -0.2) is 48.3 Å². The summed E-state index contributed by atoms with van der Waals surface area (Å²) in [5.74, 6) is 0.902. The van der Waals surface area contributed by atoms with Crippen LogP contribution in [0.25, 0.3) is 10.8 Å². The number of rotatable bonds is 11. The molecule has 3 aromatic carbocycles. The molecular weight excluding hydrogens is 545 g/mol. The highest BCUT2D eigenvalue weighted by atomic mass is 32.2. The molecule has 0 saturated heterocycles. The van der Waals surface area contributed by atoms with Gasteiger partial charge in [-0.25, -0.2) is 5.43 Å². The average molecular weight is 569 g/mol. The number of thioether (sulfide) groups is 2. The second kappa shape index (κ2) is 13.3. The van der Waals surface area contributed by atoms with Crippen LogP contribution in [0.2, 0.25) is 0 Å². The number of ether oxygens (including phenoxy) is 3. The quantitative estimate of drug-likeness (QED) is 0.0861. The summed E-state index contributed by atoms with van der Waals surface area (Å²) in [4.78, 5) is 23.6. The molecule has 0 radical (unpaired) electrons. The Kier molecular flexibility index (Phi) is 9.57. The number of hydrazone groups is 1. The summed E-state index contributed by atoms with van der Waals surface area (Å²) in [5, 5.41) is 14.9. The fraction of sp³-hybridized carbons (Fsp3) is 0.192. The molecule has 4 rings (SSSR count). The van der Waals surface area contributed by atoms with Gasteiger partial charge in [0, 0.05) is 18.2 Å². The number of aromatic nitrogens is 2. The minimum absolute atomic E-state index is 0.137. The molecule has 38 heavy (non-hydrogen) atoms. The van der Waals surface area contributed by atoms with E-state index in [1.807, 2.05) is 12.1 Å². The van der Waals surface area contributed by atoms with E-state index in [1.54, 1.807) is 23.9 Å². The van der Waals surface area contributed by atoms with Crippen LogP contribution in [0.1, 0.15) is 18.1 Å². The summed E-state index contributed by atoms with van der Waals surface area (Å²) >= 11 is 4.38. The first-order valence-electron chi connectivity index (χ1n) is 11.3. The van der Waals surface area contributed by atoms with Gasteiger partial charge in [-0.3, -0.25) is 9.59 Å². The number of carbonyl (C=O) groups is 2. The topological polar surface area (TPSA) is 112 Å². The van der Waals surface area contributed by atoms with Crippen molar-refractivity contribution in [1.82, 2.24) is 15.6 Å². The van der Waals surface area contributed by atoms with Gasteiger partial charge in [-0.2, -0.15) is 5.10 Å². The summed E-state index contributed by atoms with van der Waals surface area (Å²) in [6.45, 7) is 1.29. The van der Waals surface area contributed by atoms with Gasteiger partial charge in [0.25, 0.3) is 5.91 Å². The number of carbonyl (C=O) groups excluding carboxylic acids is 2. The third-order valence-electron chi connectivity index (χ3n) is 5.08. The van der Waals surface area contributed by atoms with Crippen LogP contribution in [0, 0.1) is 0 Å². The Balaban J connectivity index is 1.28. The maximum atomic E-state index is 12.3. The Labute approximate surface area is 232 Å². The number of amides is 1. The predicted molar refractivity (Wildman–Crippen MR) is 151 cm³/mol. The largest absolute Gasteiger partial charge is 0.493 e. The first kappa shape index (κ1) is 27.4. The van der Waals surface area contributed by atoms with E-state index < -0.39 is 5.97 Å². The van der Waals surface area contributed by atoms with Crippen LogP contribution in [0.4, 0.5) is 0 Å². The van der Waals surface area contributed by atoms with Gasteiger partial charge in [0.05, 0.1) is 26.2 Å². The summed E-state index contributed by atoms with van der Waals surface area (Å²) < 4.78 is 17.3. The van der Waals surface area contributed by atoms with E-state index in [1.165, 1.54) is 66.8 Å². The fourth-order valence-electron chi connectivity index (χ4n) is 3.43. The molecule has 0 spiro atoms. The Hall–Kier alpha value is -3.61. The molecule has 0 unspecified atom stereocenters. The maximum absolute atomic E-state index is 12.3. The zero-order chi connectivity index (χ0) is 26.9. The van der Waals surface area contributed by atoms with Crippen molar-refractivity contribution in [3.8, 4) is 17.2 Å². The number of nitrogens with zero attached hydrogens (tertiary/aromatic N) is 3.